The van der Waals surface area contributed by atoms with E-state index >= 15 is 0 Å². The largest absolute Gasteiger partial charge is 0.493 e. The molecule has 3 rings (SSSR count). The Bertz CT molecular complexity index is 716. The Morgan fingerprint density at radius 2 is 1.96 bits per heavy atom. The van der Waals surface area contributed by atoms with Gasteiger partial charge < -0.3 is 9.47 Å². The number of benzene rings is 1. The Balaban J connectivity index is 1.65. The highest BCUT2D eigenvalue weighted by Gasteiger charge is 2.37. The van der Waals surface area contributed by atoms with Crippen LogP contribution in [0.2, 0.25) is 0 Å². The van der Waals surface area contributed by atoms with Gasteiger partial charge in [-0.15, -0.1) is 0 Å². The number of hydrogen-bond acceptors (Lipinski definition) is 5. The number of hydrogen-bond donors (Lipinski definition) is 0. The van der Waals surface area contributed by atoms with Gasteiger partial charge in [0.1, 0.15) is 4.32 Å². The van der Waals surface area contributed by atoms with Gasteiger partial charge >= 0.3 is 0 Å². The van der Waals surface area contributed by atoms with Gasteiger partial charge in [-0.3, -0.25) is 9.69 Å². The standard InChI is InChI=1S/C22H31NO3S2/c1-4-26-19-13-17(15(2)12-18(19)25-3)14-20-21(24)23(22(27)28-20)11-10-16-8-6-5-7-9-16/h12-13,16,20H,4-11,14H2,1-3H3/t20-/m1/s1. The number of rotatable bonds is 8. The molecular weight excluding hydrogens is 390 g/mol. The van der Waals surface area contributed by atoms with Crippen LogP contribution in [0.4, 0.5) is 0 Å². The second kappa shape index (κ2) is 9.97. The predicted octanol–water partition coefficient (Wildman–Crippen LogP) is 5.14. The van der Waals surface area contributed by atoms with Crippen LogP contribution in [-0.4, -0.2) is 40.6 Å². The zero-order valence-corrected chi connectivity index (χ0v) is 18.8. The van der Waals surface area contributed by atoms with Crippen LogP contribution in [0.15, 0.2) is 12.1 Å². The van der Waals surface area contributed by atoms with E-state index in [9.17, 15) is 4.79 Å². The third kappa shape index (κ3) is 5.01. The van der Waals surface area contributed by atoms with Gasteiger partial charge in [-0.2, -0.15) is 0 Å². The molecule has 2 aliphatic rings. The summed E-state index contributed by atoms with van der Waals surface area (Å²) in [6, 6.07) is 4.00. The monoisotopic (exact) mass is 421 g/mol. The average Bonchev–Trinajstić information content (AvgIpc) is 2.96. The van der Waals surface area contributed by atoms with Crippen molar-refractivity contribution in [3.63, 3.8) is 0 Å². The van der Waals surface area contributed by atoms with Gasteiger partial charge in [0.25, 0.3) is 0 Å². The van der Waals surface area contributed by atoms with Crippen LogP contribution in [-0.2, 0) is 11.2 Å². The van der Waals surface area contributed by atoms with Crippen molar-refractivity contribution in [2.24, 2.45) is 5.92 Å². The highest BCUT2D eigenvalue weighted by atomic mass is 32.2. The fourth-order valence-electron chi connectivity index (χ4n) is 4.17. The fraction of sp³-hybridized carbons (Fsp3) is 0.636. The zero-order chi connectivity index (χ0) is 20.1. The molecule has 28 heavy (non-hydrogen) atoms. The Hall–Kier alpha value is -1.27. The smallest absolute Gasteiger partial charge is 0.241 e. The molecule has 1 aliphatic heterocycles. The van der Waals surface area contributed by atoms with E-state index in [2.05, 4.69) is 6.92 Å². The first-order valence-corrected chi connectivity index (χ1v) is 11.6. The van der Waals surface area contributed by atoms with Gasteiger partial charge in [0.2, 0.25) is 5.91 Å². The molecule has 1 saturated carbocycles. The van der Waals surface area contributed by atoms with E-state index in [0.29, 0.717) is 13.0 Å². The summed E-state index contributed by atoms with van der Waals surface area (Å²) in [5, 5.41) is -0.138. The Morgan fingerprint density at radius 1 is 1.21 bits per heavy atom. The molecule has 0 unspecified atom stereocenters. The molecule has 154 valence electrons. The normalized spacial score (nSPS) is 20.7. The molecule has 0 aromatic heterocycles. The van der Waals surface area contributed by atoms with Crippen molar-refractivity contribution in [2.75, 3.05) is 20.3 Å². The molecule has 1 aliphatic carbocycles. The third-order valence-electron chi connectivity index (χ3n) is 5.82. The number of ether oxygens (including phenoxy) is 2. The maximum Gasteiger partial charge on any atom is 0.241 e. The molecule has 1 heterocycles. The molecule has 1 saturated heterocycles. The Kier molecular flexibility index (Phi) is 7.63. The lowest BCUT2D eigenvalue weighted by atomic mass is 9.87. The lowest BCUT2D eigenvalue weighted by Gasteiger charge is -2.24. The number of methoxy groups -OCH3 is 1. The minimum absolute atomic E-state index is 0.138. The Labute approximate surface area is 178 Å². The lowest BCUT2D eigenvalue weighted by Crippen LogP contribution is -2.34. The van der Waals surface area contributed by atoms with Crippen LogP contribution in [0.1, 0.15) is 56.6 Å². The summed E-state index contributed by atoms with van der Waals surface area (Å²) in [6.07, 6.45) is 8.38. The van der Waals surface area contributed by atoms with Crippen molar-refractivity contribution in [2.45, 2.75) is 64.0 Å². The van der Waals surface area contributed by atoms with E-state index < -0.39 is 0 Å². The van der Waals surface area contributed by atoms with E-state index in [1.807, 2.05) is 24.0 Å². The predicted molar refractivity (Wildman–Crippen MR) is 119 cm³/mol. The maximum absolute atomic E-state index is 13.0. The zero-order valence-electron chi connectivity index (χ0n) is 17.2. The molecule has 4 nitrogen and oxygen atoms in total. The van der Waals surface area contributed by atoms with Crippen molar-refractivity contribution >= 4 is 34.2 Å². The van der Waals surface area contributed by atoms with E-state index in [-0.39, 0.29) is 11.2 Å². The fourth-order valence-corrected chi connectivity index (χ4v) is 5.74. The van der Waals surface area contributed by atoms with E-state index in [0.717, 1.165) is 45.8 Å². The number of carbonyl (C=O) groups excluding carboxylic acids is 1. The first-order chi connectivity index (χ1) is 13.5. The summed E-state index contributed by atoms with van der Waals surface area (Å²) in [5.41, 5.74) is 2.23. The van der Waals surface area contributed by atoms with Crippen LogP contribution < -0.4 is 9.47 Å². The van der Waals surface area contributed by atoms with Gasteiger partial charge in [-0.1, -0.05) is 56.1 Å². The molecule has 1 aromatic rings. The quantitative estimate of drug-likeness (QED) is 0.543. The van der Waals surface area contributed by atoms with Crippen LogP contribution in [0.3, 0.4) is 0 Å². The van der Waals surface area contributed by atoms with E-state index in [1.165, 1.54) is 43.9 Å². The molecule has 0 radical (unpaired) electrons. The number of aryl methyl sites for hydroxylation is 1. The second-order valence-corrected chi connectivity index (χ2v) is 9.56. The molecule has 1 amide bonds. The van der Waals surface area contributed by atoms with Gasteiger partial charge in [-0.25, -0.2) is 0 Å². The molecule has 2 fully saturated rings. The van der Waals surface area contributed by atoms with Crippen molar-refractivity contribution in [1.82, 2.24) is 4.90 Å². The molecule has 1 aromatic carbocycles. The van der Waals surface area contributed by atoms with Crippen LogP contribution in [0.25, 0.3) is 0 Å². The van der Waals surface area contributed by atoms with Gasteiger partial charge in [0, 0.05) is 6.54 Å². The number of amides is 1. The van der Waals surface area contributed by atoms with Gasteiger partial charge in [0.15, 0.2) is 11.5 Å². The van der Waals surface area contributed by atoms with Gasteiger partial charge in [-0.05, 0) is 55.9 Å². The molecule has 1 atom stereocenters. The summed E-state index contributed by atoms with van der Waals surface area (Å²) in [5.74, 6) is 2.39. The summed E-state index contributed by atoms with van der Waals surface area (Å²) in [7, 11) is 1.65. The minimum Gasteiger partial charge on any atom is -0.493 e. The van der Waals surface area contributed by atoms with E-state index in [1.54, 1.807) is 7.11 Å². The topological polar surface area (TPSA) is 38.8 Å². The Morgan fingerprint density at radius 3 is 2.64 bits per heavy atom. The third-order valence-corrected chi connectivity index (χ3v) is 7.40. The highest BCUT2D eigenvalue weighted by Crippen LogP contribution is 2.36. The maximum atomic E-state index is 13.0. The first kappa shape index (κ1) is 21.4. The second-order valence-electron chi connectivity index (χ2n) is 7.72. The lowest BCUT2D eigenvalue weighted by molar-refractivity contribution is -0.126. The molecule has 0 bridgehead atoms. The molecular formula is C22H31NO3S2. The van der Waals surface area contributed by atoms with Crippen molar-refractivity contribution in [3.8, 4) is 11.5 Å². The van der Waals surface area contributed by atoms with Crippen LogP contribution in [0.5, 0.6) is 11.5 Å². The van der Waals surface area contributed by atoms with Crippen molar-refractivity contribution < 1.29 is 14.3 Å². The number of nitrogens with zero attached hydrogens (tertiary/aromatic N) is 1. The first-order valence-electron chi connectivity index (χ1n) is 10.4. The summed E-state index contributed by atoms with van der Waals surface area (Å²) in [6.45, 7) is 5.36. The number of thioether (sulfide) groups is 1. The molecule has 6 heteroatoms. The van der Waals surface area contributed by atoms with Crippen LogP contribution >= 0.6 is 24.0 Å². The summed E-state index contributed by atoms with van der Waals surface area (Å²) < 4.78 is 11.9. The SMILES string of the molecule is CCOc1cc(C[C@H]2SC(=S)N(CCC3CCCCC3)C2=O)c(C)cc1OC. The molecule has 0 N–H and O–H groups in total. The van der Waals surface area contributed by atoms with Crippen LogP contribution in [0, 0.1) is 12.8 Å². The minimum atomic E-state index is -0.138. The number of thiocarbonyl (C=S) groups is 1. The number of carbonyl (C=O) groups is 1. The summed E-state index contributed by atoms with van der Waals surface area (Å²) >= 11 is 7.08. The van der Waals surface area contributed by atoms with Gasteiger partial charge in [0.05, 0.1) is 19.0 Å². The van der Waals surface area contributed by atoms with Crippen molar-refractivity contribution in [1.29, 1.82) is 0 Å². The van der Waals surface area contributed by atoms with Crippen molar-refractivity contribution in [3.05, 3.63) is 23.3 Å². The average molecular weight is 422 g/mol. The van der Waals surface area contributed by atoms with E-state index in [4.69, 9.17) is 21.7 Å². The summed E-state index contributed by atoms with van der Waals surface area (Å²) in [4.78, 5) is 14.8. The highest BCUT2D eigenvalue weighted by molar-refractivity contribution is 8.24. The molecule has 0 spiro atoms.